The van der Waals surface area contributed by atoms with Crippen LogP contribution in [0.1, 0.15) is 17.6 Å². The van der Waals surface area contributed by atoms with E-state index in [-0.39, 0.29) is 5.91 Å². The van der Waals surface area contributed by atoms with Crippen LogP contribution in [0.25, 0.3) is 22.2 Å². The van der Waals surface area contributed by atoms with Crippen molar-refractivity contribution in [3.05, 3.63) is 59.2 Å². The summed E-state index contributed by atoms with van der Waals surface area (Å²) in [5.74, 6) is 2.22. The van der Waals surface area contributed by atoms with E-state index in [0.717, 1.165) is 26.8 Å². The molecule has 0 aliphatic heterocycles. The van der Waals surface area contributed by atoms with Crippen LogP contribution < -0.4 is 10.1 Å². The molecule has 2 aromatic heterocycles. The van der Waals surface area contributed by atoms with E-state index in [1.807, 2.05) is 38.1 Å². The van der Waals surface area contributed by atoms with Gasteiger partial charge in [0.1, 0.15) is 16.4 Å². The Morgan fingerprint density at radius 1 is 1.00 bits per heavy atom. The highest BCUT2D eigenvalue weighted by Gasteiger charge is 2.16. The molecule has 2 heterocycles. The third-order valence-electron chi connectivity index (χ3n) is 4.05. The Balaban J connectivity index is 1.47. The normalized spacial score (nSPS) is 10.7. The molecular weight excluding hydrogens is 388 g/mol. The van der Waals surface area contributed by atoms with Crippen LogP contribution in [-0.2, 0) is 4.79 Å². The second-order valence-electron chi connectivity index (χ2n) is 6.40. The number of hydrogen-bond acceptors (Lipinski definition) is 7. The van der Waals surface area contributed by atoms with Gasteiger partial charge in [-0.05, 0) is 62.4 Å². The van der Waals surface area contributed by atoms with Crippen molar-refractivity contribution < 1.29 is 14.1 Å². The molecule has 0 aliphatic rings. The Hall–Kier alpha value is -3.52. The summed E-state index contributed by atoms with van der Waals surface area (Å²) < 4.78 is 11.3. The van der Waals surface area contributed by atoms with Crippen LogP contribution in [-0.4, -0.2) is 21.0 Å². The van der Waals surface area contributed by atoms with Crippen molar-refractivity contribution in [2.24, 2.45) is 0 Å². The number of hydrogen-bond donors (Lipinski definition) is 1. The number of amides is 1. The van der Waals surface area contributed by atoms with Gasteiger partial charge in [-0.2, -0.15) is 4.98 Å². The highest BCUT2D eigenvalue weighted by Crippen LogP contribution is 2.31. The van der Waals surface area contributed by atoms with Crippen molar-refractivity contribution in [1.29, 1.82) is 0 Å². The van der Waals surface area contributed by atoms with Crippen molar-refractivity contribution in [1.82, 2.24) is 15.1 Å². The van der Waals surface area contributed by atoms with Crippen molar-refractivity contribution in [3.63, 3.8) is 0 Å². The molecule has 0 saturated carbocycles. The van der Waals surface area contributed by atoms with E-state index in [0.29, 0.717) is 23.2 Å². The number of aryl methyl sites for hydroxylation is 2. The average Bonchev–Trinajstić information content (AvgIpc) is 3.30. The maximum atomic E-state index is 11.1. The SMILES string of the molecule is CC(=O)Nc1ccc(Oc2ccc(-c3noc(-c4sc(C)nc4C)n3)cc2)cc1. The fourth-order valence-corrected chi connectivity index (χ4v) is 3.62. The summed E-state index contributed by atoms with van der Waals surface area (Å²) in [5, 5.41) is 7.76. The van der Waals surface area contributed by atoms with Gasteiger partial charge in [-0.15, -0.1) is 11.3 Å². The fourth-order valence-electron chi connectivity index (χ4n) is 2.78. The Kier molecular flexibility index (Phi) is 5.09. The number of nitrogens with zero attached hydrogens (tertiary/aromatic N) is 3. The lowest BCUT2D eigenvalue weighted by atomic mass is 10.2. The summed E-state index contributed by atoms with van der Waals surface area (Å²) in [5.41, 5.74) is 2.43. The smallest absolute Gasteiger partial charge is 0.270 e. The molecule has 0 bridgehead atoms. The van der Waals surface area contributed by atoms with E-state index >= 15 is 0 Å². The van der Waals surface area contributed by atoms with Crippen LogP contribution in [0.5, 0.6) is 11.5 Å². The first-order chi connectivity index (χ1) is 14.0. The van der Waals surface area contributed by atoms with Gasteiger partial charge in [-0.3, -0.25) is 4.79 Å². The first-order valence-corrected chi connectivity index (χ1v) is 9.73. The predicted octanol–water partition coefficient (Wildman–Crippen LogP) is 5.23. The van der Waals surface area contributed by atoms with Crippen LogP contribution in [0.15, 0.2) is 53.1 Å². The monoisotopic (exact) mass is 406 g/mol. The Bertz CT molecular complexity index is 1150. The van der Waals surface area contributed by atoms with Gasteiger partial charge in [0, 0.05) is 18.2 Å². The van der Waals surface area contributed by atoms with E-state index < -0.39 is 0 Å². The Morgan fingerprint density at radius 2 is 1.66 bits per heavy atom. The molecule has 0 unspecified atom stereocenters. The van der Waals surface area contributed by atoms with Crippen LogP contribution in [0.4, 0.5) is 5.69 Å². The molecule has 146 valence electrons. The molecule has 1 N–H and O–H groups in total. The van der Waals surface area contributed by atoms with E-state index in [1.54, 1.807) is 24.3 Å². The molecule has 7 nitrogen and oxygen atoms in total. The topological polar surface area (TPSA) is 90.1 Å². The number of carbonyl (C=O) groups excluding carboxylic acids is 1. The number of aromatic nitrogens is 3. The van der Waals surface area contributed by atoms with E-state index in [9.17, 15) is 4.79 Å². The predicted molar refractivity (Wildman–Crippen MR) is 111 cm³/mol. The third kappa shape index (κ3) is 4.33. The van der Waals surface area contributed by atoms with Crippen LogP contribution in [0, 0.1) is 13.8 Å². The molecule has 0 atom stereocenters. The zero-order chi connectivity index (χ0) is 20.4. The summed E-state index contributed by atoms with van der Waals surface area (Å²) in [4.78, 5) is 20.9. The highest BCUT2D eigenvalue weighted by molar-refractivity contribution is 7.15. The van der Waals surface area contributed by atoms with Gasteiger partial charge in [0.15, 0.2) is 0 Å². The molecule has 0 aliphatic carbocycles. The lowest BCUT2D eigenvalue weighted by Crippen LogP contribution is -2.05. The van der Waals surface area contributed by atoms with Crippen molar-refractivity contribution >= 4 is 22.9 Å². The minimum absolute atomic E-state index is 0.112. The standard InChI is InChI=1S/C21H18N4O3S/c1-12-19(29-14(3)22-12)21-24-20(25-28-21)15-4-8-17(9-5-15)27-18-10-6-16(7-11-18)23-13(2)26/h4-11H,1-3H3,(H,23,26). The van der Waals surface area contributed by atoms with Crippen molar-refractivity contribution in [3.8, 4) is 33.7 Å². The molecule has 8 heteroatoms. The molecular formula is C21H18N4O3S. The molecule has 4 aromatic rings. The minimum atomic E-state index is -0.112. The van der Waals surface area contributed by atoms with Crippen LogP contribution in [0.3, 0.4) is 0 Å². The summed E-state index contributed by atoms with van der Waals surface area (Å²) in [6, 6.07) is 14.6. The lowest BCUT2D eigenvalue weighted by molar-refractivity contribution is -0.114. The number of anilines is 1. The van der Waals surface area contributed by atoms with E-state index in [1.165, 1.54) is 18.3 Å². The third-order valence-corrected chi connectivity index (χ3v) is 5.11. The second kappa shape index (κ2) is 7.84. The minimum Gasteiger partial charge on any atom is -0.457 e. The van der Waals surface area contributed by atoms with Crippen LogP contribution in [0.2, 0.25) is 0 Å². The lowest BCUT2D eigenvalue weighted by Gasteiger charge is -2.07. The maximum absolute atomic E-state index is 11.1. The van der Waals surface area contributed by atoms with Gasteiger partial charge in [0.05, 0.1) is 10.7 Å². The molecule has 4 rings (SSSR count). The van der Waals surface area contributed by atoms with E-state index in [2.05, 4.69) is 20.4 Å². The number of thiazole rings is 1. The number of carbonyl (C=O) groups is 1. The number of ether oxygens (including phenoxy) is 1. The molecule has 0 saturated heterocycles. The molecule has 0 radical (unpaired) electrons. The van der Waals surface area contributed by atoms with Gasteiger partial charge in [-0.1, -0.05) is 5.16 Å². The number of nitrogens with one attached hydrogen (secondary N) is 1. The summed E-state index contributed by atoms with van der Waals surface area (Å²) in [6.07, 6.45) is 0. The number of rotatable bonds is 5. The Morgan fingerprint density at radius 3 is 2.24 bits per heavy atom. The molecule has 1 amide bonds. The van der Waals surface area contributed by atoms with Crippen molar-refractivity contribution in [2.45, 2.75) is 20.8 Å². The van der Waals surface area contributed by atoms with Gasteiger partial charge in [0.25, 0.3) is 5.89 Å². The summed E-state index contributed by atoms with van der Waals surface area (Å²) in [7, 11) is 0. The molecule has 29 heavy (non-hydrogen) atoms. The van der Waals surface area contributed by atoms with Gasteiger partial charge < -0.3 is 14.6 Å². The zero-order valence-corrected chi connectivity index (χ0v) is 16.9. The Labute approximate surface area is 171 Å². The molecule has 0 spiro atoms. The average molecular weight is 406 g/mol. The molecule has 0 fully saturated rings. The largest absolute Gasteiger partial charge is 0.457 e. The summed E-state index contributed by atoms with van der Waals surface area (Å²) in [6.45, 7) is 5.35. The van der Waals surface area contributed by atoms with Crippen LogP contribution >= 0.6 is 11.3 Å². The summed E-state index contributed by atoms with van der Waals surface area (Å²) >= 11 is 1.53. The van der Waals surface area contributed by atoms with Gasteiger partial charge in [-0.25, -0.2) is 4.98 Å². The van der Waals surface area contributed by atoms with Gasteiger partial charge in [0.2, 0.25) is 11.7 Å². The fraction of sp³-hybridized carbons (Fsp3) is 0.143. The first kappa shape index (κ1) is 18.8. The maximum Gasteiger partial charge on any atom is 0.270 e. The first-order valence-electron chi connectivity index (χ1n) is 8.92. The second-order valence-corrected chi connectivity index (χ2v) is 7.61. The zero-order valence-electron chi connectivity index (χ0n) is 16.1. The molecule has 2 aromatic carbocycles. The van der Waals surface area contributed by atoms with Crippen molar-refractivity contribution in [2.75, 3.05) is 5.32 Å². The highest BCUT2D eigenvalue weighted by atomic mass is 32.1. The number of benzene rings is 2. The quantitative estimate of drug-likeness (QED) is 0.488. The van der Waals surface area contributed by atoms with E-state index in [4.69, 9.17) is 9.26 Å². The van der Waals surface area contributed by atoms with Gasteiger partial charge >= 0.3 is 0 Å².